The van der Waals surface area contributed by atoms with E-state index in [1.165, 1.54) is 36.9 Å². The van der Waals surface area contributed by atoms with Gasteiger partial charge in [-0.05, 0) is 92.5 Å². The van der Waals surface area contributed by atoms with Crippen LogP contribution in [0.4, 0.5) is 5.82 Å². The van der Waals surface area contributed by atoms with Gasteiger partial charge in [0, 0.05) is 54.9 Å². The highest BCUT2D eigenvalue weighted by atomic mass is 16.2. The molecule has 12 nitrogen and oxygen atoms in total. The van der Waals surface area contributed by atoms with Crippen molar-refractivity contribution in [1.29, 1.82) is 0 Å². The van der Waals surface area contributed by atoms with Gasteiger partial charge in [0.25, 0.3) is 11.8 Å². The molecule has 260 valence electrons. The first kappa shape index (κ1) is 30.9. The molecule has 0 unspecified atom stereocenters. The Bertz CT molecular complexity index is 2430. The number of hydrogen-bond donors (Lipinski definition) is 1. The fourth-order valence-corrected chi connectivity index (χ4v) is 7.76. The fraction of sp³-hybridized carbons (Fsp3) is 0.325. The minimum atomic E-state index is -0.0232. The number of nitrogens with one attached hydrogen (secondary N) is 1. The number of rotatable bonds is 6. The summed E-state index contributed by atoms with van der Waals surface area (Å²) < 4.78 is 6.21. The minimum Gasteiger partial charge on any atom is -0.348 e. The molecule has 0 saturated heterocycles. The Labute approximate surface area is 300 Å². The van der Waals surface area contributed by atoms with Gasteiger partial charge in [0.05, 0.1) is 42.0 Å². The van der Waals surface area contributed by atoms with Crippen molar-refractivity contribution >= 4 is 17.6 Å². The molecule has 12 heteroatoms. The lowest BCUT2D eigenvalue weighted by molar-refractivity contribution is 0.0963. The molecule has 7 heterocycles. The molecule has 2 fully saturated rings. The number of aryl methyl sites for hydroxylation is 3. The first-order chi connectivity index (χ1) is 25.4. The lowest BCUT2D eigenvalue weighted by atomic mass is 10.0. The molecule has 1 N–H and O–H groups in total. The zero-order valence-corrected chi connectivity index (χ0v) is 29.2. The summed E-state index contributed by atoms with van der Waals surface area (Å²) in [5.41, 5.74) is 11.1. The summed E-state index contributed by atoms with van der Waals surface area (Å²) in [4.78, 5) is 40.8. The number of aromatic nitrogens is 8. The zero-order chi connectivity index (χ0) is 35.1. The minimum absolute atomic E-state index is 0.0232. The molecule has 4 aromatic heterocycles. The lowest BCUT2D eigenvalue weighted by Crippen LogP contribution is -2.24. The summed E-state index contributed by atoms with van der Waals surface area (Å²) in [6.45, 7) is 6.24. The van der Waals surface area contributed by atoms with E-state index in [2.05, 4.69) is 68.4 Å². The molecule has 2 amide bonds. The molecular formula is C40H38N10O2. The van der Waals surface area contributed by atoms with Gasteiger partial charge < -0.3 is 19.0 Å². The standard InChI is InChI=1S/C25H23N7O.C15H15N3O/c1-15-10-17-12-32(22-5-2-4-19(27-22)24-29-28-23-6-3-9-31(23)24)25(33)18(17)11-21(15)30-13-20(26-14-30)16-7-8-16;1-9-4-11-6-16-15(19)12(11)5-14(9)18-7-13(17-8-18)10-2-3-10/h2,4-5,10-11,13-14,16H,3,6-9,12H2,1H3;4-5,7-8,10H,2-3,6H2,1H3,(H,16,19). The van der Waals surface area contributed by atoms with Crippen molar-refractivity contribution in [2.75, 3.05) is 4.90 Å². The number of amides is 2. The van der Waals surface area contributed by atoms with Crippen LogP contribution < -0.4 is 10.2 Å². The third-order valence-corrected chi connectivity index (χ3v) is 10.9. The summed E-state index contributed by atoms with van der Waals surface area (Å²) in [6.07, 6.45) is 14.9. The predicted molar refractivity (Wildman–Crippen MR) is 194 cm³/mol. The van der Waals surface area contributed by atoms with Crippen LogP contribution in [0.3, 0.4) is 0 Å². The first-order valence-electron chi connectivity index (χ1n) is 18.2. The second kappa shape index (κ2) is 11.8. The van der Waals surface area contributed by atoms with Crippen LogP contribution in [-0.2, 0) is 26.1 Å². The molecule has 0 radical (unpaired) electrons. The maximum atomic E-state index is 13.4. The zero-order valence-electron chi connectivity index (χ0n) is 29.2. The average molecular weight is 691 g/mol. The quantitative estimate of drug-likeness (QED) is 0.223. The smallest absolute Gasteiger partial charge is 0.260 e. The molecule has 3 aliphatic heterocycles. The molecule has 11 rings (SSSR count). The van der Waals surface area contributed by atoms with Crippen molar-refractivity contribution in [3.8, 4) is 22.9 Å². The third-order valence-electron chi connectivity index (χ3n) is 10.9. The van der Waals surface area contributed by atoms with Crippen LogP contribution in [0.25, 0.3) is 22.9 Å². The summed E-state index contributed by atoms with van der Waals surface area (Å²) in [6, 6.07) is 14.0. The van der Waals surface area contributed by atoms with Crippen molar-refractivity contribution in [3.05, 3.63) is 118 Å². The lowest BCUT2D eigenvalue weighted by Gasteiger charge is -2.15. The van der Waals surface area contributed by atoms with E-state index in [4.69, 9.17) is 4.98 Å². The van der Waals surface area contributed by atoms with Crippen molar-refractivity contribution in [2.45, 2.75) is 83.8 Å². The van der Waals surface area contributed by atoms with Gasteiger partial charge in [-0.25, -0.2) is 15.0 Å². The Hall–Kier alpha value is -5.91. The van der Waals surface area contributed by atoms with Crippen LogP contribution in [0.15, 0.2) is 67.5 Å². The summed E-state index contributed by atoms with van der Waals surface area (Å²) >= 11 is 0. The Kier molecular flexibility index (Phi) is 7.02. The molecule has 5 aliphatic rings. The van der Waals surface area contributed by atoms with E-state index < -0.39 is 0 Å². The second-order valence-corrected chi connectivity index (χ2v) is 14.7. The SMILES string of the molecule is Cc1cc2c(cc1-n1cnc(C3CC3)c1)C(=O)N(c1cccc(-c3nnc4n3CCC4)n1)C2.Cc1cc2c(cc1-n1cnc(C3CC3)c1)C(=O)NC2. The molecular weight excluding hydrogens is 653 g/mol. The molecule has 0 spiro atoms. The molecule has 0 bridgehead atoms. The summed E-state index contributed by atoms with van der Waals surface area (Å²) in [7, 11) is 0. The number of imidazole rings is 2. The van der Waals surface area contributed by atoms with Gasteiger partial charge in [-0.1, -0.05) is 18.2 Å². The maximum Gasteiger partial charge on any atom is 0.260 e. The maximum absolute atomic E-state index is 13.4. The number of anilines is 1. The molecule has 2 aromatic carbocycles. The van der Waals surface area contributed by atoms with Crippen molar-refractivity contribution in [1.82, 2.24) is 44.2 Å². The summed E-state index contributed by atoms with van der Waals surface area (Å²) in [5.74, 6) is 3.68. The molecule has 0 atom stereocenters. The highest BCUT2D eigenvalue weighted by molar-refractivity contribution is 6.10. The molecule has 2 saturated carbocycles. The van der Waals surface area contributed by atoms with E-state index in [0.29, 0.717) is 30.7 Å². The monoisotopic (exact) mass is 690 g/mol. The summed E-state index contributed by atoms with van der Waals surface area (Å²) in [5, 5.41) is 11.5. The molecule has 6 aromatic rings. The van der Waals surface area contributed by atoms with Gasteiger partial charge in [0.1, 0.15) is 17.3 Å². The molecule has 2 aliphatic carbocycles. The Balaban J connectivity index is 0.000000151. The van der Waals surface area contributed by atoms with E-state index in [0.717, 1.165) is 81.6 Å². The van der Waals surface area contributed by atoms with E-state index in [-0.39, 0.29) is 11.8 Å². The number of carbonyl (C=O) groups is 2. The van der Waals surface area contributed by atoms with E-state index in [9.17, 15) is 9.59 Å². The second-order valence-electron chi connectivity index (χ2n) is 14.7. The predicted octanol–water partition coefficient (Wildman–Crippen LogP) is 6.12. The highest BCUT2D eigenvalue weighted by Gasteiger charge is 2.32. The number of fused-ring (bicyclic) bond motifs is 3. The van der Waals surface area contributed by atoms with Crippen LogP contribution in [0, 0.1) is 13.8 Å². The van der Waals surface area contributed by atoms with Crippen LogP contribution in [0.1, 0.15) is 104 Å². The van der Waals surface area contributed by atoms with Gasteiger partial charge in [0.2, 0.25) is 0 Å². The first-order valence-corrected chi connectivity index (χ1v) is 18.2. The van der Waals surface area contributed by atoms with Crippen LogP contribution in [-0.4, -0.2) is 50.7 Å². The van der Waals surface area contributed by atoms with Crippen molar-refractivity contribution < 1.29 is 9.59 Å². The number of pyridine rings is 1. The third kappa shape index (κ3) is 5.32. The van der Waals surface area contributed by atoms with Gasteiger partial charge in [-0.3, -0.25) is 14.5 Å². The van der Waals surface area contributed by atoms with E-state index in [1.807, 2.05) is 52.1 Å². The Morgan fingerprint density at radius 2 is 1.46 bits per heavy atom. The largest absolute Gasteiger partial charge is 0.348 e. The fourth-order valence-electron chi connectivity index (χ4n) is 7.76. The van der Waals surface area contributed by atoms with Crippen LogP contribution in [0.2, 0.25) is 0 Å². The van der Waals surface area contributed by atoms with Gasteiger partial charge in [-0.2, -0.15) is 0 Å². The van der Waals surface area contributed by atoms with E-state index in [1.54, 1.807) is 4.90 Å². The van der Waals surface area contributed by atoms with Crippen LogP contribution >= 0.6 is 0 Å². The topological polar surface area (TPSA) is 129 Å². The number of hydrogen-bond acceptors (Lipinski definition) is 7. The Morgan fingerprint density at radius 3 is 2.15 bits per heavy atom. The van der Waals surface area contributed by atoms with Crippen molar-refractivity contribution in [3.63, 3.8) is 0 Å². The van der Waals surface area contributed by atoms with Gasteiger partial charge in [0.15, 0.2) is 5.82 Å². The van der Waals surface area contributed by atoms with Gasteiger partial charge >= 0.3 is 0 Å². The number of benzene rings is 2. The number of carbonyl (C=O) groups excluding carboxylic acids is 2. The molecule has 52 heavy (non-hydrogen) atoms. The van der Waals surface area contributed by atoms with Crippen molar-refractivity contribution in [2.24, 2.45) is 0 Å². The normalized spacial score (nSPS) is 17.2. The average Bonchev–Trinajstić information content (AvgIpc) is 3.75. The Morgan fingerprint density at radius 1 is 0.788 bits per heavy atom. The number of nitrogens with zero attached hydrogens (tertiary/aromatic N) is 9. The van der Waals surface area contributed by atoms with Crippen LogP contribution in [0.5, 0.6) is 0 Å². The van der Waals surface area contributed by atoms with E-state index >= 15 is 0 Å². The van der Waals surface area contributed by atoms with Gasteiger partial charge in [-0.15, -0.1) is 10.2 Å². The highest BCUT2D eigenvalue weighted by Crippen LogP contribution is 2.40.